The standard InChI is InChI=1S/C30H30F4N4O2/c1-18-16-20(9-12-23(18)31)28-27(35-25-6-5-7-26(40-4)38(25)28)29(39)37(15-14-36(2)3)24-13-10-19-8-11-21(17-22(19)24)30(32,33)34/h5-9,11-12,16-17,24H,10,13-15H2,1-4H3. The summed E-state index contributed by atoms with van der Waals surface area (Å²) in [6, 6.07) is 13.0. The predicted molar refractivity (Wildman–Crippen MR) is 144 cm³/mol. The van der Waals surface area contributed by atoms with Gasteiger partial charge in [-0.15, -0.1) is 0 Å². The number of hydrogen-bond donors (Lipinski definition) is 0. The molecule has 2 aromatic carbocycles. The first-order chi connectivity index (χ1) is 19.0. The molecule has 0 bridgehead atoms. The van der Waals surface area contributed by atoms with Crippen molar-refractivity contribution in [3.8, 4) is 17.1 Å². The number of carbonyl (C=O) groups is 1. The van der Waals surface area contributed by atoms with Crippen LogP contribution in [0.3, 0.4) is 0 Å². The number of halogens is 4. The summed E-state index contributed by atoms with van der Waals surface area (Å²) in [4.78, 5) is 22.7. The van der Waals surface area contributed by atoms with Crippen LogP contribution in [0.4, 0.5) is 17.6 Å². The summed E-state index contributed by atoms with van der Waals surface area (Å²) < 4.78 is 62.3. The lowest BCUT2D eigenvalue weighted by Crippen LogP contribution is -2.39. The highest BCUT2D eigenvalue weighted by Crippen LogP contribution is 2.41. The topological polar surface area (TPSA) is 50.1 Å². The van der Waals surface area contributed by atoms with Crippen molar-refractivity contribution in [2.45, 2.75) is 32.0 Å². The van der Waals surface area contributed by atoms with E-state index in [2.05, 4.69) is 4.98 Å². The Balaban J connectivity index is 1.68. The molecule has 1 aliphatic carbocycles. The van der Waals surface area contributed by atoms with E-state index in [1.54, 1.807) is 46.6 Å². The van der Waals surface area contributed by atoms with Gasteiger partial charge in [0.25, 0.3) is 5.91 Å². The molecule has 10 heteroatoms. The SMILES string of the molecule is COc1cccc2nc(C(=O)N(CCN(C)C)C3CCc4ccc(C(F)(F)F)cc43)c(-c3ccc(F)c(C)c3)n12. The highest BCUT2D eigenvalue weighted by atomic mass is 19.4. The second-order valence-corrected chi connectivity index (χ2v) is 10.3. The summed E-state index contributed by atoms with van der Waals surface area (Å²) in [5, 5.41) is 0. The maximum Gasteiger partial charge on any atom is 0.416 e. The summed E-state index contributed by atoms with van der Waals surface area (Å²) in [6.07, 6.45) is -3.43. The Morgan fingerprint density at radius 1 is 1.10 bits per heavy atom. The molecule has 4 aromatic rings. The minimum atomic E-state index is -4.49. The highest BCUT2D eigenvalue weighted by Gasteiger charge is 2.37. The van der Waals surface area contributed by atoms with Gasteiger partial charge in [0.2, 0.25) is 0 Å². The predicted octanol–water partition coefficient (Wildman–Crippen LogP) is 6.17. The van der Waals surface area contributed by atoms with Gasteiger partial charge in [-0.25, -0.2) is 9.37 Å². The van der Waals surface area contributed by atoms with Gasteiger partial charge in [0.1, 0.15) is 11.5 Å². The van der Waals surface area contributed by atoms with Crippen molar-refractivity contribution < 1.29 is 27.1 Å². The molecule has 0 saturated heterocycles. The molecule has 2 aromatic heterocycles. The van der Waals surface area contributed by atoms with Gasteiger partial charge in [-0.1, -0.05) is 12.1 Å². The fourth-order valence-electron chi connectivity index (χ4n) is 5.35. The Hall–Kier alpha value is -3.92. The summed E-state index contributed by atoms with van der Waals surface area (Å²) >= 11 is 0. The molecule has 0 saturated carbocycles. The van der Waals surface area contributed by atoms with E-state index in [1.165, 1.54) is 25.3 Å². The molecule has 40 heavy (non-hydrogen) atoms. The molecule has 1 unspecified atom stereocenters. The van der Waals surface area contributed by atoms with Gasteiger partial charge in [-0.3, -0.25) is 9.20 Å². The number of amides is 1. The lowest BCUT2D eigenvalue weighted by Gasteiger charge is -2.31. The molecule has 5 rings (SSSR count). The van der Waals surface area contributed by atoms with Gasteiger partial charge >= 0.3 is 6.18 Å². The average molecular weight is 555 g/mol. The highest BCUT2D eigenvalue weighted by molar-refractivity contribution is 6.00. The van der Waals surface area contributed by atoms with E-state index >= 15 is 0 Å². The van der Waals surface area contributed by atoms with Crippen LogP contribution < -0.4 is 4.74 Å². The van der Waals surface area contributed by atoms with Crippen molar-refractivity contribution in [2.75, 3.05) is 34.3 Å². The number of aromatic nitrogens is 2. The largest absolute Gasteiger partial charge is 0.482 e. The fraction of sp³-hybridized carbons (Fsp3) is 0.333. The van der Waals surface area contributed by atoms with Crippen LogP contribution in [0.15, 0.2) is 54.6 Å². The molecule has 0 radical (unpaired) electrons. The number of likely N-dealkylation sites (N-methyl/N-ethyl adjacent to an activating group) is 1. The summed E-state index contributed by atoms with van der Waals surface area (Å²) in [5.74, 6) is -0.366. The summed E-state index contributed by atoms with van der Waals surface area (Å²) in [6.45, 7) is 2.41. The third kappa shape index (κ3) is 5.03. The third-order valence-electron chi connectivity index (χ3n) is 7.40. The van der Waals surface area contributed by atoms with E-state index < -0.39 is 23.7 Å². The Bertz CT molecular complexity index is 1580. The number of ether oxygens (including phenoxy) is 1. The third-order valence-corrected chi connectivity index (χ3v) is 7.40. The molecule has 0 aliphatic heterocycles. The van der Waals surface area contributed by atoms with Crippen molar-refractivity contribution in [2.24, 2.45) is 0 Å². The molecule has 1 amide bonds. The number of pyridine rings is 1. The number of hydrogen-bond acceptors (Lipinski definition) is 4. The van der Waals surface area contributed by atoms with E-state index in [-0.39, 0.29) is 18.1 Å². The lowest BCUT2D eigenvalue weighted by atomic mass is 10.0. The molecule has 210 valence electrons. The number of aryl methyl sites for hydroxylation is 2. The van der Waals surface area contributed by atoms with E-state index in [1.807, 2.05) is 19.0 Å². The minimum Gasteiger partial charge on any atom is -0.482 e. The van der Waals surface area contributed by atoms with Crippen molar-refractivity contribution in [3.05, 3.63) is 88.4 Å². The lowest BCUT2D eigenvalue weighted by molar-refractivity contribution is -0.137. The molecular weight excluding hydrogens is 524 g/mol. The van der Waals surface area contributed by atoms with Gasteiger partial charge in [0.15, 0.2) is 11.6 Å². The molecular formula is C30H30F4N4O2. The zero-order valence-corrected chi connectivity index (χ0v) is 22.7. The quantitative estimate of drug-likeness (QED) is 0.257. The van der Waals surface area contributed by atoms with Crippen molar-refractivity contribution in [1.29, 1.82) is 0 Å². The van der Waals surface area contributed by atoms with Crippen molar-refractivity contribution >= 4 is 11.6 Å². The van der Waals surface area contributed by atoms with Crippen LogP contribution in [-0.2, 0) is 12.6 Å². The molecule has 0 N–H and O–H groups in total. The molecule has 1 atom stereocenters. The molecule has 0 spiro atoms. The number of alkyl halides is 3. The van der Waals surface area contributed by atoms with Gasteiger partial charge in [-0.05, 0) is 93.0 Å². The summed E-state index contributed by atoms with van der Waals surface area (Å²) in [5.41, 5.74) is 2.53. The van der Waals surface area contributed by atoms with E-state index in [0.29, 0.717) is 53.3 Å². The normalized spacial score (nSPS) is 15.1. The van der Waals surface area contributed by atoms with Crippen LogP contribution >= 0.6 is 0 Å². The van der Waals surface area contributed by atoms with Crippen LogP contribution in [0.25, 0.3) is 16.9 Å². The Morgan fingerprint density at radius 3 is 2.55 bits per heavy atom. The van der Waals surface area contributed by atoms with Crippen LogP contribution in [0.5, 0.6) is 5.88 Å². The Kier molecular flexibility index (Phi) is 7.31. The van der Waals surface area contributed by atoms with Gasteiger partial charge < -0.3 is 14.5 Å². The number of fused-ring (bicyclic) bond motifs is 2. The molecule has 1 aliphatic rings. The maximum atomic E-state index is 14.4. The molecule has 6 nitrogen and oxygen atoms in total. The van der Waals surface area contributed by atoms with Crippen molar-refractivity contribution in [3.63, 3.8) is 0 Å². The zero-order chi connectivity index (χ0) is 28.8. The molecule has 0 fully saturated rings. The second-order valence-electron chi connectivity index (χ2n) is 10.3. The summed E-state index contributed by atoms with van der Waals surface area (Å²) in [7, 11) is 5.25. The fourth-order valence-corrected chi connectivity index (χ4v) is 5.35. The monoisotopic (exact) mass is 554 g/mol. The van der Waals surface area contributed by atoms with E-state index in [9.17, 15) is 22.4 Å². The first-order valence-electron chi connectivity index (χ1n) is 13.0. The second kappa shape index (κ2) is 10.6. The van der Waals surface area contributed by atoms with Crippen molar-refractivity contribution in [1.82, 2.24) is 19.2 Å². The van der Waals surface area contributed by atoms with Gasteiger partial charge in [0.05, 0.1) is 24.4 Å². The Labute approximate surface area is 229 Å². The number of carbonyl (C=O) groups excluding carboxylic acids is 1. The zero-order valence-electron chi connectivity index (χ0n) is 22.7. The first kappa shape index (κ1) is 27.6. The first-order valence-corrected chi connectivity index (χ1v) is 13.0. The number of benzene rings is 2. The van der Waals surface area contributed by atoms with E-state index in [0.717, 1.165) is 11.6 Å². The van der Waals surface area contributed by atoms with Crippen LogP contribution in [0, 0.1) is 12.7 Å². The Morgan fingerprint density at radius 2 is 1.88 bits per heavy atom. The average Bonchev–Trinajstić information content (AvgIpc) is 3.51. The van der Waals surface area contributed by atoms with Gasteiger partial charge in [-0.2, -0.15) is 13.2 Å². The smallest absolute Gasteiger partial charge is 0.416 e. The van der Waals surface area contributed by atoms with Crippen LogP contribution in [0.2, 0.25) is 0 Å². The van der Waals surface area contributed by atoms with Gasteiger partial charge in [0, 0.05) is 18.7 Å². The van der Waals surface area contributed by atoms with Crippen LogP contribution in [0.1, 0.15) is 45.2 Å². The molecule has 2 heterocycles. The number of nitrogens with zero attached hydrogens (tertiary/aromatic N) is 4. The maximum absolute atomic E-state index is 14.4. The number of rotatable bonds is 7. The van der Waals surface area contributed by atoms with E-state index in [4.69, 9.17) is 4.74 Å². The number of imidazole rings is 1. The minimum absolute atomic E-state index is 0.120. The number of methoxy groups -OCH3 is 1. The van der Waals surface area contributed by atoms with Crippen LogP contribution in [-0.4, -0.2) is 59.4 Å².